The molecule has 1 N–H and O–H groups in total. The Balaban J connectivity index is 1.77. The average molecular weight is 281 g/mol. The van der Waals surface area contributed by atoms with E-state index >= 15 is 0 Å². The zero-order chi connectivity index (χ0) is 14.6. The van der Waals surface area contributed by atoms with Crippen molar-refractivity contribution in [2.24, 2.45) is 5.92 Å². The standard InChI is InChI=1S/C18H35NO/c1-5-15(14-19-17(2,3)4)13-16-9-12-18(20-16)10-7-6-8-11-18/h15-16,19H,5-14H2,1-4H3. The molecular weight excluding hydrogens is 246 g/mol. The highest BCUT2D eigenvalue weighted by atomic mass is 16.5. The first-order valence-electron chi connectivity index (χ1n) is 8.85. The van der Waals surface area contributed by atoms with Crippen LogP contribution in [0.2, 0.25) is 0 Å². The van der Waals surface area contributed by atoms with Crippen LogP contribution in [0, 0.1) is 5.92 Å². The fourth-order valence-corrected chi connectivity index (χ4v) is 3.84. The van der Waals surface area contributed by atoms with Crippen LogP contribution in [0.15, 0.2) is 0 Å². The molecule has 118 valence electrons. The van der Waals surface area contributed by atoms with Crippen molar-refractivity contribution in [2.75, 3.05) is 6.54 Å². The zero-order valence-corrected chi connectivity index (χ0v) is 14.1. The van der Waals surface area contributed by atoms with Crippen LogP contribution in [-0.2, 0) is 4.74 Å². The Bertz CT molecular complexity index is 288. The van der Waals surface area contributed by atoms with E-state index in [4.69, 9.17) is 4.74 Å². The number of rotatable bonds is 5. The molecule has 0 bridgehead atoms. The molecule has 1 saturated heterocycles. The third kappa shape index (κ3) is 4.73. The van der Waals surface area contributed by atoms with Crippen LogP contribution in [0.5, 0.6) is 0 Å². The highest BCUT2D eigenvalue weighted by Crippen LogP contribution is 2.43. The molecule has 2 fully saturated rings. The van der Waals surface area contributed by atoms with Gasteiger partial charge in [-0.1, -0.05) is 32.6 Å². The van der Waals surface area contributed by atoms with E-state index in [-0.39, 0.29) is 5.54 Å². The third-order valence-corrected chi connectivity index (χ3v) is 5.20. The van der Waals surface area contributed by atoms with Gasteiger partial charge in [0.25, 0.3) is 0 Å². The molecule has 0 aromatic heterocycles. The fourth-order valence-electron chi connectivity index (χ4n) is 3.84. The lowest BCUT2D eigenvalue weighted by Gasteiger charge is -2.34. The molecule has 1 spiro atoms. The van der Waals surface area contributed by atoms with E-state index in [2.05, 4.69) is 33.0 Å². The van der Waals surface area contributed by atoms with Gasteiger partial charge in [-0.05, 0) is 65.3 Å². The van der Waals surface area contributed by atoms with Crippen molar-refractivity contribution in [1.29, 1.82) is 0 Å². The second-order valence-electron chi connectivity index (χ2n) is 8.16. The van der Waals surface area contributed by atoms with Gasteiger partial charge in [-0.15, -0.1) is 0 Å². The van der Waals surface area contributed by atoms with Crippen LogP contribution < -0.4 is 5.32 Å². The molecule has 20 heavy (non-hydrogen) atoms. The molecule has 1 saturated carbocycles. The number of nitrogens with one attached hydrogen (secondary N) is 1. The Morgan fingerprint density at radius 1 is 1.15 bits per heavy atom. The molecule has 2 rings (SSSR count). The summed E-state index contributed by atoms with van der Waals surface area (Å²) in [6, 6.07) is 0. The molecule has 0 amide bonds. The van der Waals surface area contributed by atoms with E-state index in [0.29, 0.717) is 11.7 Å². The highest BCUT2D eigenvalue weighted by Gasteiger charge is 2.41. The Morgan fingerprint density at radius 2 is 1.85 bits per heavy atom. The van der Waals surface area contributed by atoms with Crippen LogP contribution in [0.25, 0.3) is 0 Å². The van der Waals surface area contributed by atoms with Gasteiger partial charge in [-0.2, -0.15) is 0 Å². The van der Waals surface area contributed by atoms with Crippen molar-refractivity contribution in [3.8, 4) is 0 Å². The maximum Gasteiger partial charge on any atom is 0.0687 e. The van der Waals surface area contributed by atoms with E-state index in [9.17, 15) is 0 Å². The highest BCUT2D eigenvalue weighted by molar-refractivity contribution is 4.92. The minimum absolute atomic E-state index is 0.231. The van der Waals surface area contributed by atoms with Crippen molar-refractivity contribution < 1.29 is 4.74 Å². The van der Waals surface area contributed by atoms with Gasteiger partial charge >= 0.3 is 0 Å². The van der Waals surface area contributed by atoms with E-state index in [1.165, 1.54) is 57.8 Å². The van der Waals surface area contributed by atoms with Crippen LogP contribution in [-0.4, -0.2) is 23.8 Å². The summed E-state index contributed by atoms with van der Waals surface area (Å²) in [7, 11) is 0. The van der Waals surface area contributed by atoms with Gasteiger partial charge in [0.2, 0.25) is 0 Å². The van der Waals surface area contributed by atoms with Crippen molar-refractivity contribution >= 4 is 0 Å². The van der Waals surface area contributed by atoms with Gasteiger partial charge in [0.05, 0.1) is 11.7 Å². The maximum absolute atomic E-state index is 6.53. The second kappa shape index (κ2) is 6.79. The minimum atomic E-state index is 0.231. The van der Waals surface area contributed by atoms with Crippen molar-refractivity contribution in [1.82, 2.24) is 5.32 Å². The summed E-state index contributed by atoms with van der Waals surface area (Å²) in [6.45, 7) is 10.2. The summed E-state index contributed by atoms with van der Waals surface area (Å²) in [5, 5.41) is 3.66. The minimum Gasteiger partial charge on any atom is -0.372 e. The van der Waals surface area contributed by atoms with Gasteiger partial charge in [0.15, 0.2) is 0 Å². The molecule has 1 aliphatic carbocycles. The van der Waals surface area contributed by atoms with Crippen molar-refractivity contribution in [2.45, 2.75) is 103 Å². The van der Waals surface area contributed by atoms with Gasteiger partial charge < -0.3 is 10.1 Å². The number of ether oxygens (including phenoxy) is 1. The van der Waals surface area contributed by atoms with Crippen molar-refractivity contribution in [3.05, 3.63) is 0 Å². The number of hydrogen-bond acceptors (Lipinski definition) is 2. The average Bonchev–Trinajstić information content (AvgIpc) is 2.77. The molecular formula is C18H35NO. The molecule has 2 aliphatic rings. The first-order chi connectivity index (χ1) is 9.42. The molecule has 1 aliphatic heterocycles. The largest absolute Gasteiger partial charge is 0.372 e. The first-order valence-corrected chi connectivity index (χ1v) is 8.85. The summed E-state index contributed by atoms with van der Waals surface area (Å²) in [5.74, 6) is 0.762. The molecule has 2 unspecified atom stereocenters. The fraction of sp³-hybridized carbons (Fsp3) is 1.00. The molecule has 1 heterocycles. The Hall–Kier alpha value is -0.0800. The Morgan fingerprint density at radius 3 is 2.45 bits per heavy atom. The topological polar surface area (TPSA) is 21.3 Å². The summed E-state index contributed by atoms with van der Waals surface area (Å²) < 4.78 is 6.53. The summed E-state index contributed by atoms with van der Waals surface area (Å²) in [5.41, 5.74) is 0.521. The van der Waals surface area contributed by atoms with Gasteiger partial charge in [0, 0.05) is 5.54 Å². The number of hydrogen-bond donors (Lipinski definition) is 1. The van der Waals surface area contributed by atoms with Gasteiger partial charge in [0.1, 0.15) is 0 Å². The van der Waals surface area contributed by atoms with Crippen molar-refractivity contribution in [3.63, 3.8) is 0 Å². The normalized spacial score (nSPS) is 27.9. The zero-order valence-electron chi connectivity index (χ0n) is 14.1. The van der Waals surface area contributed by atoms with Crippen LogP contribution in [0.4, 0.5) is 0 Å². The quantitative estimate of drug-likeness (QED) is 0.790. The van der Waals surface area contributed by atoms with Crippen LogP contribution >= 0.6 is 0 Å². The summed E-state index contributed by atoms with van der Waals surface area (Å²) >= 11 is 0. The maximum atomic E-state index is 6.53. The second-order valence-corrected chi connectivity index (χ2v) is 8.16. The predicted molar refractivity (Wildman–Crippen MR) is 86.1 cm³/mol. The molecule has 2 heteroatoms. The Kier molecular flexibility index (Phi) is 5.53. The molecule has 0 radical (unpaired) electrons. The molecule has 2 nitrogen and oxygen atoms in total. The lowest BCUT2D eigenvalue weighted by atomic mass is 9.83. The van der Waals surface area contributed by atoms with E-state index < -0.39 is 0 Å². The van der Waals surface area contributed by atoms with E-state index in [1.54, 1.807) is 0 Å². The van der Waals surface area contributed by atoms with Gasteiger partial charge in [-0.25, -0.2) is 0 Å². The predicted octanol–water partition coefficient (Wildman–Crippen LogP) is 4.67. The summed E-state index contributed by atoms with van der Waals surface area (Å²) in [6.07, 6.45) is 12.5. The van der Waals surface area contributed by atoms with Crippen LogP contribution in [0.3, 0.4) is 0 Å². The van der Waals surface area contributed by atoms with E-state index in [1.807, 2.05) is 0 Å². The molecule has 0 aromatic rings. The monoisotopic (exact) mass is 281 g/mol. The molecule has 0 aromatic carbocycles. The van der Waals surface area contributed by atoms with Gasteiger partial charge in [-0.3, -0.25) is 0 Å². The van der Waals surface area contributed by atoms with E-state index in [0.717, 1.165) is 12.5 Å². The third-order valence-electron chi connectivity index (χ3n) is 5.20. The first kappa shape index (κ1) is 16.3. The molecule has 2 atom stereocenters. The summed E-state index contributed by atoms with van der Waals surface area (Å²) in [4.78, 5) is 0. The SMILES string of the molecule is CCC(CNC(C)(C)C)CC1CCC2(CCCCC2)O1. The lowest BCUT2D eigenvalue weighted by molar-refractivity contribution is -0.0700. The Labute approximate surface area is 126 Å². The van der Waals surface area contributed by atoms with Crippen LogP contribution in [0.1, 0.15) is 85.5 Å². The lowest BCUT2D eigenvalue weighted by Crippen LogP contribution is -2.40. The smallest absolute Gasteiger partial charge is 0.0687 e.